The third-order valence-electron chi connectivity index (χ3n) is 4.83. The Balaban J connectivity index is 2.06. The van der Waals surface area contributed by atoms with Crippen LogP contribution in [0, 0.1) is 39.4 Å². The molecule has 0 aromatic heterocycles. The van der Waals surface area contributed by atoms with E-state index < -0.39 is 16.7 Å². The first-order valence-corrected chi connectivity index (χ1v) is 7.04. The van der Waals surface area contributed by atoms with Crippen molar-refractivity contribution in [2.24, 2.45) is 27.5 Å². The van der Waals surface area contributed by atoms with Crippen molar-refractivity contribution in [2.75, 3.05) is 6.61 Å². The summed E-state index contributed by atoms with van der Waals surface area (Å²) in [5, 5.41) is 19.4. The third-order valence-corrected chi connectivity index (χ3v) is 4.83. The summed E-state index contributed by atoms with van der Waals surface area (Å²) in [7, 11) is 0. The summed E-state index contributed by atoms with van der Waals surface area (Å²) in [6, 6.07) is 4.52. The van der Waals surface area contributed by atoms with Gasteiger partial charge in [0.05, 0.1) is 24.8 Å². The summed E-state index contributed by atoms with van der Waals surface area (Å²) in [5.41, 5.74) is 3.88. The van der Waals surface area contributed by atoms with Crippen molar-refractivity contribution in [3.8, 4) is 12.1 Å². The maximum Gasteiger partial charge on any atom is 0.293 e. The average Bonchev–Trinajstić information content (AvgIpc) is 2.77. The molecule has 0 amide bonds. The van der Waals surface area contributed by atoms with E-state index in [1.54, 1.807) is 0 Å². The van der Waals surface area contributed by atoms with E-state index in [1.807, 2.05) is 6.92 Å². The Morgan fingerprint density at radius 2 is 2.20 bits per heavy atom. The molecule has 0 aromatic rings. The van der Waals surface area contributed by atoms with Crippen LogP contribution in [0.15, 0.2) is 4.99 Å². The topological polar surface area (TPSA) is 104 Å². The highest BCUT2D eigenvalue weighted by Gasteiger charge is 2.93. The first-order chi connectivity index (χ1) is 9.54. The molecule has 0 radical (unpaired) electrons. The molecule has 3 aliphatic rings. The fourth-order valence-electron chi connectivity index (χ4n) is 3.87. The largest absolute Gasteiger partial charge is 0.386 e. The van der Waals surface area contributed by atoms with Gasteiger partial charge < -0.3 is 15.2 Å². The Morgan fingerprint density at radius 3 is 2.70 bits per heavy atom. The molecule has 1 spiro atoms. The van der Waals surface area contributed by atoms with Gasteiger partial charge in [-0.2, -0.15) is 10.5 Å². The molecule has 2 fully saturated rings. The van der Waals surface area contributed by atoms with Gasteiger partial charge in [-0.3, -0.25) is 0 Å². The molecule has 1 saturated heterocycles. The van der Waals surface area contributed by atoms with Crippen LogP contribution in [0.4, 0.5) is 0 Å². The minimum Gasteiger partial charge on any atom is -0.386 e. The van der Waals surface area contributed by atoms with Crippen LogP contribution in [-0.4, -0.2) is 24.5 Å². The number of nitrogens with two attached hydrogens (primary N) is 1. The molecule has 106 valence electrons. The highest BCUT2D eigenvalue weighted by atomic mass is 16.8. The number of aliphatic imine (C=N–C) groups is 1. The predicted octanol–water partition coefficient (Wildman–Crippen LogP) is 1.29. The van der Waals surface area contributed by atoms with Gasteiger partial charge in [0, 0.05) is 5.92 Å². The fourth-order valence-corrected chi connectivity index (χ4v) is 3.87. The van der Waals surface area contributed by atoms with Crippen molar-refractivity contribution >= 4 is 5.84 Å². The number of hydrogen-bond acceptors (Lipinski definition) is 6. The van der Waals surface area contributed by atoms with E-state index in [2.05, 4.69) is 24.1 Å². The summed E-state index contributed by atoms with van der Waals surface area (Å²) >= 11 is 0. The second-order valence-corrected chi connectivity index (χ2v) is 5.85. The molecule has 20 heavy (non-hydrogen) atoms. The van der Waals surface area contributed by atoms with Gasteiger partial charge in [-0.15, -0.1) is 0 Å². The van der Waals surface area contributed by atoms with Gasteiger partial charge in [0.25, 0.3) is 5.91 Å². The molecular weight excluding hydrogens is 256 g/mol. The van der Waals surface area contributed by atoms with Gasteiger partial charge in [-0.05, 0) is 13.3 Å². The van der Waals surface area contributed by atoms with Gasteiger partial charge in [-0.1, -0.05) is 19.8 Å². The molecule has 2 aliphatic heterocycles. The third kappa shape index (κ3) is 1.14. The van der Waals surface area contributed by atoms with Crippen LogP contribution in [0.3, 0.4) is 0 Å². The Hall–Kier alpha value is -1.63. The Labute approximate surface area is 118 Å². The molecule has 2 N–H and O–H groups in total. The Bertz CT molecular complexity index is 563. The second kappa shape index (κ2) is 3.94. The normalized spacial score (nSPS) is 48.5. The van der Waals surface area contributed by atoms with Crippen LogP contribution in [0.25, 0.3) is 0 Å². The molecule has 0 bridgehead atoms. The summed E-state index contributed by atoms with van der Waals surface area (Å²) in [4.78, 5) is 4.25. The summed E-state index contributed by atoms with van der Waals surface area (Å²) in [5.74, 6) is -1.34. The smallest absolute Gasteiger partial charge is 0.293 e. The molecule has 1 aliphatic carbocycles. The van der Waals surface area contributed by atoms with Crippen molar-refractivity contribution in [3.05, 3.63) is 0 Å². The number of amidine groups is 1. The number of nitriles is 2. The van der Waals surface area contributed by atoms with Crippen LogP contribution in [-0.2, 0) is 9.47 Å². The highest BCUT2D eigenvalue weighted by Crippen LogP contribution is 2.79. The SMILES string of the molecule is CCCC[C@H]1[C@@]2(C#N)[C@@]3(N=C(N)[C@@]12C#N)OC[C@H](C)O3. The Morgan fingerprint density at radius 1 is 1.45 bits per heavy atom. The highest BCUT2D eigenvalue weighted by molar-refractivity contribution is 5.98. The van der Waals surface area contributed by atoms with E-state index in [0.717, 1.165) is 19.3 Å². The average molecular weight is 274 g/mol. The molecule has 0 unspecified atom stereocenters. The number of ether oxygens (including phenoxy) is 2. The number of nitrogens with zero attached hydrogens (tertiary/aromatic N) is 3. The van der Waals surface area contributed by atoms with E-state index in [0.29, 0.717) is 6.61 Å². The zero-order valence-corrected chi connectivity index (χ0v) is 11.7. The molecule has 2 heterocycles. The molecule has 6 nitrogen and oxygen atoms in total. The van der Waals surface area contributed by atoms with E-state index in [4.69, 9.17) is 15.2 Å². The van der Waals surface area contributed by atoms with Gasteiger partial charge in [0.1, 0.15) is 11.3 Å². The molecule has 5 atom stereocenters. The maximum absolute atomic E-state index is 9.77. The number of hydrogen-bond donors (Lipinski definition) is 1. The molecule has 1 saturated carbocycles. The Kier molecular flexibility index (Phi) is 2.63. The van der Waals surface area contributed by atoms with Gasteiger partial charge in [0.15, 0.2) is 5.41 Å². The summed E-state index contributed by atoms with van der Waals surface area (Å²) in [6.07, 6.45) is 2.55. The molecule has 3 rings (SSSR count). The number of fused-ring (bicyclic) bond motifs is 2. The van der Waals surface area contributed by atoms with Crippen molar-refractivity contribution in [2.45, 2.75) is 45.1 Å². The van der Waals surface area contributed by atoms with Crippen molar-refractivity contribution in [1.82, 2.24) is 0 Å². The lowest BCUT2D eigenvalue weighted by molar-refractivity contribution is -0.195. The first kappa shape index (κ1) is 13.4. The van der Waals surface area contributed by atoms with E-state index >= 15 is 0 Å². The van der Waals surface area contributed by atoms with Crippen molar-refractivity contribution in [1.29, 1.82) is 10.5 Å². The zero-order chi connectivity index (χ0) is 14.6. The number of unbranched alkanes of at least 4 members (excludes halogenated alkanes) is 1. The van der Waals surface area contributed by atoms with Crippen LogP contribution in [0.1, 0.15) is 33.1 Å². The second-order valence-electron chi connectivity index (χ2n) is 5.85. The monoisotopic (exact) mass is 274 g/mol. The number of rotatable bonds is 3. The lowest BCUT2D eigenvalue weighted by Crippen LogP contribution is -2.39. The first-order valence-electron chi connectivity index (χ1n) is 7.04. The lowest BCUT2D eigenvalue weighted by atomic mass is 9.94. The standard InChI is InChI=1S/C14H18N4O2/c1-3-4-5-10-12(7-15)11(17)18-14(13(10,12)8-16)19-6-9(2)20-14/h9-10H,3-6H2,1-2H3,(H2,17,18)/t9-,10+,12+,13+,14+/m0/s1. The van der Waals surface area contributed by atoms with E-state index in [1.165, 1.54) is 0 Å². The van der Waals surface area contributed by atoms with E-state index in [-0.39, 0.29) is 17.9 Å². The van der Waals surface area contributed by atoms with Crippen LogP contribution in [0.2, 0.25) is 0 Å². The van der Waals surface area contributed by atoms with Crippen molar-refractivity contribution in [3.63, 3.8) is 0 Å². The molecular formula is C14H18N4O2. The predicted molar refractivity (Wildman–Crippen MR) is 70.0 cm³/mol. The van der Waals surface area contributed by atoms with Crippen LogP contribution < -0.4 is 5.73 Å². The summed E-state index contributed by atoms with van der Waals surface area (Å²) < 4.78 is 11.5. The van der Waals surface area contributed by atoms with Crippen molar-refractivity contribution < 1.29 is 9.47 Å². The lowest BCUT2D eigenvalue weighted by Gasteiger charge is -2.26. The fraction of sp³-hybridized carbons (Fsp3) is 0.786. The summed E-state index contributed by atoms with van der Waals surface area (Å²) in [6.45, 7) is 4.30. The van der Waals surface area contributed by atoms with Gasteiger partial charge in [0.2, 0.25) is 0 Å². The zero-order valence-electron chi connectivity index (χ0n) is 11.7. The maximum atomic E-state index is 9.77. The minimum atomic E-state index is -1.38. The van der Waals surface area contributed by atoms with Gasteiger partial charge >= 0.3 is 0 Å². The quantitative estimate of drug-likeness (QED) is 0.834. The van der Waals surface area contributed by atoms with Crippen LogP contribution in [0.5, 0.6) is 0 Å². The van der Waals surface area contributed by atoms with Crippen LogP contribution >= 0.6 is 0 Å². The molecule has 0 aromatic carbocycles. The van der Waals surface area contributed by atoms with Gasteiger partial charge in [-0.25, -0.2) is 4.99 Å². The minimum absolute atomic E-state index is 0.154. The van der Waals surface area contributed by atoms with E-state index in [9.17, 15) is 10.5 Å². The molecule has 6 heteroatoms.